The van der Waals surface area contributed by atoms with Crippen LogP contribution >= 0.6 is 0 Å². The zero-order chi connectivity index (χ0) is 19.6. The van der Waals surface area contributed by atoms with Crippen molar-refractivity contribution in [2.24, 2.45) is 0 Å². The molecule has 2 heterocycles. The van der Waals surface area contributed by atoms with Crippen molar-refractivity contribution in [1.82, 2.24) is 14.9 Å². The van der Waals surface area contributed by atoms with E-state index in [1.165, 1.54) is 24.3 Å². The maximum Gasteiger partial charge on any atom is 0.269 e. The van der Waals surface area contributed by atoms with Crippen molar-refractivity contribution in [2.75, 3.05) is 50.1 Å². The lowest BCUT2D eigenvalue weighted by Crippen LogP contribution is -2.49. The molecule has 0 saturated carbocycles. The molecule has 142 valence electrons. The van der Waals surface area contributed by atoms with Gasteiger partial charge in [0.1, 0.15) is 5.82 Å². The lowest BCUT2D eigenvalue weighted by molar-refractivity contribution is -0.384. The summed E-state index contributed by atoms with van der Waals surface area (Å²) < 4.78 is 0. The van der Waals surface area contributed by atoms with E-state index in [2.05, 4.69) is 14.9 Å². The summed E-state index contributed by atoms with van der Waals surface area (Å²) in [4.78, 5) is 37.7. The van der Waals surface area contributed by atoms with Crippen LogP contribution in [0.25, 0.3) is 0 Å². The van der Waals surface area contributed by atoms with Crippen molar-refractivity contribution >= 4 is 23.4 Å². The zero-order valence-electron chi connectivity index (χ0n) is 15.6. The first-order chi connectivity index (χ1) is 12.8. The molecule has 2 aromatic rings. The standard InChI is InChI=1S/C18H22N6O3/c1-13-12-16(21(2)3)20-18(19-13)23-10-8-22(9-11-23)17(25)14-4-6-15(7-5-14)24(26)27/h4-7,12H,8-11H2,1-3H3. The molecule has 0 atom stereocenters. The number of benzene rings is 1. The summed E-state index contributed by atoms with van der Waals surface area (Å²) in [6.07, 6.45) is 0. The van der Waals surface area contributed by atoms with Gasteiger partial charge < -0.3 is 14.7 Å². The molecule has 1 aromatic heterocycles. The van der Waals surface area contributed by atoms with Gasteiger partial charge >= 0.3 is 0 Å². The third kappa shape index (κ3) is 4.13. The summed E-state index contributed by atoms with van der Waals surface area (Å²) in [6.45, 7) is 4.30. The number of non-ortho nitro benzene ring substituents is 1. The molecule has 1 fully saturated rings. The number of carbonyl (C=O) groups is 1. The van der Waals surface area contributed by atoms with Gasteiger partial charge in [-0.3, -0.25) is 14.9 Å². The van der Waals surface area contributed by atoms with Gasteiger partial charge in [0.05, 0.1) is 4.92 Å². The van der Waals surface area contributed by atoms with E-state index in [-0.39, 0.29) is 11.6 Å². The number of nitrogens with zero attached hydrogens (tertiary/aromatic N) is 6. The van der Waals surface area contributed by atoms with Gasteiger partial charge in [-0.2, -0.15) is 4.98 Å². The van der Waals surface area contributed by atoms with Crippen LogP contribution in [0.3, 0.4) is 0 Å². The molecule has 3 rings (SSSR count). The minimum absolute atomic E-state index is 0.0235. The number of anilines is 2. The van der Waals surface area contributed by atoms with Gasteiger partial charge in [0.2, 0.25) is 5.95 Å². The van der Waals surface area contributed by atoms with Crippen LogP contribution in [0.1, 0.15) is 16.1 Å². The molecule has 1 saturated heterocycles. The molecular weight excluding hydrogens is 348 g/mol. The molecule has 9 nitrogen and oxygen atoms in total. The fraction of sp³-hybridized carbons (Fsp3) is 0.389. The molecule has 1 aromatic carbocycles. The molecule has 0 N–H and O–H groups in total. The first kappa shape index (κ1) is 18.6. The number of hydrogen-bond donors (Lipinski definition) is 0. The number of hydrogen-bond acceptors (Lipinski definition) is 7. The van der Waals surface area contributed by atoms with Crippen molar-refractivity contribution in [3.05, 3.63) is 51.7 Å². The number of nitro benzene ring substituents is 1. The van der Waals surface area contributed by atoms with Crippen LogP contribution in [0.15, 0.2) is 30.3 Å². The monoisotopic (exact) mass is 370 g/mol. The first-order valence-electron chi connectivity index (χ1n) is 8.67. The molecule has 1 aliphatic heterocycles. The summed E-state index contributed by atoms with van der Waals surface area (Å²) >= 11 is 0. The van der Waals surface area contributed by atoms with Gasteiger partial charge in [0, 0.05) is 69.7 Å². The molecule has 0 spiro atoms. The van der Waals surface area contributed by atoms with E-state index in [1.807, 2.05) is 32.0 Å². The van der Waals surface area contributed by atoms with Gasteiger partial charge in [-0.1, -0.05) is 0 Å². The zero-order valence-corrected chi connectivity index (χ0v) is 15.6. The predicted molar refractivity (Wildman–Crippen MR) is 102 cm³/mol. The molecular formula is C18H22N6O3. The number of amides is 1. The third-order valence-electron chi connectivity index (χ3n) is 4.46. The quantitative estimate of drug-likeness (QED) is 0.597. The summed E-state index contributed by atoms with van der Waals surface area (Å²) in [5.74, 6) is 1.40. The van der Waals surface area contributed by atoms with E-state index in [4.69, 9.17) is 0 Å². The number of aryl methyl sites for hydroxylation is 1. The minimum Gasteiger partial charge on any atom is -0.363 e. The van der Waals surface area contributed by atoms with Crippen LogP contribution in [0.2, 0.25) is 0 Å². The molecule has 1 aliphatic rings. The van der Waals surface area contributed by atoms with E-state index >= 15 is 0 Å². The van der Waals surface area contributed by atoms with E-state index in [9.17, 15) is 14.9 Å². The minimum atomic E-state index is -0.475. The molecule has 0 unspecified atom stereocenters. The van der Waals surface area contributed by atoms with Crippen LogP contribution in [0, 0.1) is 17.0 Å². The number of carbonyl (C=O) groups excluding carboxylic acids is 1. The van der Waals surface area contributed by atoms with Gasteiger partial charge in [0.15, 0.2) is 0 Å². The van der Waals surface area contributed by atoms with E-state index in [0.29, 0.717) is 37.7 Å². The maximum atomic E-state index is 12.6. The van der Waals surface area contributed by atoms with Crippen molar-refractivity contribution in [2.45, 2.75) is 6.92 Å². The Hall–Kier alpha value is -3.23. The lowest BCUT2D eigenvalue weighted by Gasteiger charge is -2.35. The van der Waals surface area contributed by atoms with Crippen molar-refractivity contribution < 1.29 is 9.72 Å². The Morgan fingerprint density at radius 2 is 1.74 bits per heavy atom. The molecule has 27 heavy (non-hydrogen) atoms. The summed E-state index contributed by atoms with van der Waals surface area (Å²) in [5, 5.41) is 10.7. The topological polar surface area (TPSA) is 95.7 Å². The Balaban J connectivity index is 1.66. The average molecular weight is 370 g/mol. The van der Waals surface area contributed by atoms with Gasteiger partial charge in [-0.25, -0.2) is 4.98 Å². The molecule has 1 amide bonds. The highest BCUT2D eigenvalue weighted by atomic mass is 16.6. The Labute approximate surface area is 157 Å². The smallest absolute Gasteiger partial charge is 0.269 e. The lowest BCUT2D eigenvalue weighted by atomic mass is 10.1. The number of rotatable bonds is 4. The van der Waals surface area contributed by atoms with Crippen LogP contribution in [-0.2, 0) is 0 Å². The molecule has 0 aliphatic carbocycles. The average Bonchev–Trinajstić information content (AvgIpc) is 2.67. The number of nitro groups is 1. The second-order valence-corrected chi connectivity index (χ2v) is 6.65. The Morgan fingerprint density at radius 1 is 1.11 bits per heavy atom. The normalized spacial score (nSPS) is 14.2. The van der Waals surface area contributed by atoms with Crippen molar-refractivity contribution in [3.8, 4) is 0 Å². The van der Waals surface area contributed by atoms with Crippen LogP contribution in [0.4, 0.5) is 17.5 Å². The summed E-state index contributed by atoms with van der Waals surface area (Å²) in [7, 11) is 3.87. The fourth-order valence-electron chi connectivity index (χ4n) is 2.92. The van der Waals surface area contributed by atoms with Gasteiger partial charge in [0.25, 0.3) is 11.6 Å². The predicted octanol–water partition coefficient (Wildman–Crippen LogP) is 1.72. The van der Waals surface area contributed by atoms with Crippen LogP contribution < -0.4 is 9.80 Å². The van der Waals surface area contributed by atoms with E-state index in [1.54, 1.807) is 4.90 Å². The molecule has 0 radical (unpaired) electrons. The van der Waals surface area contributed by atoms with Crippen LogP contribution in [-0.4, -0.2) is 66.0 Å². The Morgan fingerprint density at radius 3 is 2.30 bits per heavy atom. The largest absolute Gasteiger partial charge is 0.363 e. The highest BCUT2D eigenvalue weighted by Gasteiger charge is 2.24. The maximum absolute atomic E-state index is 12.6. The molecule has 0 bridgehead atoms. The third-order valence-corrected chi connectivity index (χ3v) is 4.46. The number of piperazine rings is 1. The van der Waals surface area contributed by atoms with Gasteiger partial charge in [-0.05, 0) is 19.1 Å². The highest BCUT2D eigenvalue weighted by Crippen LogP contribution is 2.19. The highest BCUT2D eigenvalue weighted by molar-refractivity contribution is 5.94. The first-order valence-corrected chi connectivity index (χ1v) is 8.67. The SMILES string of the molecule is Cc1cc(N(C)C)nc(N2CCN(C(=O)c3ccc([N+](=O)[O-])cc3)CC2)n1. The second-order valence-electron chi connectivity index (χ2n) is 6.65. The summed E-state index contributed by atoms with van der Waals surface area (Å²) in [6, 6.07) is 7.64. The van der Waals surface area contributed by atoms with Gasteiger partial charge in [-0.15, -0.1) is 0 Å². The van der Waals surface area contributed by atoms with E-state index < -0.39 is 4.92 Å². The Kier molecular flexibility index (Phi) is 5.20. The second kappa shape index (κ2) is 7.56. The van der Waals surface area contributed by atoms with E-state index in [0.717, 1.165) is 11.5 Å². The van der Waals surface area contributed by atoms with Crippen molar-refractivity contribution in [3.63, 3.8) is 0 Å². The van der Waals surface area contributed by atoms with Crippen molar-refractivity contribution in [1.29, 1.82) is 0 Å². The van der Waals surface area contributed by atoms with Crippen LogP contribution in [0.5, 0.6) is 0 Å². The molecule has 9 heteroatoms. The fourth-order valence-corrected chi connectivity index (χ4v) is 2.92. The number of aromatic nitrogens is 2. The Bertz CT molecular complexity index is 845. The summed E-state index contributed by atoms with van der Waals surface area (Å²) in [5.41, 5.74) is 1.33.